The van der Waals surface area contributed by atoms with Crippen LogP contribution in [0.2, 0.25) is 5.02 Å². The lowest BCUT2D eigenvalue weighted by Gasteiger charge is -2.31. The molecule has 1 saturated carbocycles. The van der Waals surface area contributed by atoms with Crippen LogP contribution in [0.1, 0.15) is 18.4 Å². The molecule has 1 heterocycles. The first kappa shape index (κ1) is 13.4. The van der Waals surface area contributed by atoms with Crippen molar-refractivity contribution in [3.63, 3.8) is 0 Å². The number of rotatable bonds is 2. The van der Waals surface area contributed by atoms with Gasteiger partial charge in [0, 0.05) is 17.8 Å². The molecule has 0 aromatic carbocycles. The van der Waals surface area contributed by atoms with E-state index in [0.29, 0.717) is 11.8 Å². The molecule has 0 saturated heterocycles. The second kappa shape index (κ2) is 4.77. The molecule has 1 fully saturated rings. The zero-order valence-electron chi connectivity index (χ0n) is 10.3. The maximum absolute atomic E-state index is 12.5. The van der Waals surface area contributed by atoms with Crippen LogP contribution in [0.5, 0.6) is 0 Å². The lowest BCUT2D eigenvalue weighted by atomic mass is 9.74. The first-order valence-electron chi connectivity index (χ1n) is 6.17. The number of nitrogens with one attached hydrogen (secondary N) is 1. The molecule has 0 aliphatic heterocycles. The Hall–Kier alpha value is -1.56. The number of aromatic nitrogens is 1. The van der Waals surface area contributed by atoms with E-state index in [-0.39, 0.29) is 10.8 Å². The molecule has 2 atom stereocenters. The fourth-order valence-corrected chi connectivity index (χ4v) is 2.67. The molecule has 0 amide bonds. The summed E-state index contributed by atoms with van der Waals surface area (Å²) < 4.78 is 37.4. The molecule has 1 N–H and O–H groups in total. The minimum absolute atomic E-state index is 0.0930. The summed E-state index contributed by atoms with van der Waals surface area (Å²) >= 11 is 5.78. The molecular weight excluding hydrogens is 291 g/mol. The Balaban J connectivity index is 1.71. The topological polar surface area (TPSA) is 37.3 Å². The summed E-state index contributed by atoms with van der Waals surface area (Å²) in [6.07, 6.45) is 2.45. The zero-order valence-corrected chi connectivity index (χ0v) is 11.0. The molecule has 0 spiro atoms. The summed E-state index contributed by atoms with van der Waals surface area (Å²) in [4.78, 5) is 3.67. The van der Waals surface area contributed by atoms with Gasteiger partial charge in [0.15, 0.2) is 5.82 Å². The van der Waals surface area contributed by atoms with Gasteiger partial charge < -0.3 is 0 Å². The van der Waals surface area contributed by atoms with E-state index in [9.17, 15) is 13.2 Å². The van der Waals surface area contributed by atoms with E-state index in [0.717, 1.165) is 30.8 Å². The molecule has 0 unspecified atom stereocenters. The Labute approximate surface area is 118 Å². The quantitative estimate of drug-likeness (QED) is 0.659. The average molecular weight is 302 g/mol. The van der Waals surface area contributed by atoms with Gasteiger partial charge in [0.1, 0.15) is 0 Å². The third kappa shape index (κ3) is 2.40. The number of alkyl halides is 3. The molecular formula is C13H11ClF3N3. The van der Waals surface area contributed by atoms with Crippen LogP contribution >= 0.6 is 11.6 Å². The normalized spacial score (nSPS) is 26.5. The lowest BCUT2D eigenvalue weighted by Crippen LogP contribution is -2.33. The number of hydrogen-bond donors (Lipinski definition) is 1. The summed E-state index contributed by atoms with van der Waals surface area (Å²) in [7, 11) is 0. The van der Waals surface area contributed by atoms with Gasteiger partial charge in [0.05, 0.1) is 10.6 Å². The standard InChI is InChI=1S/C13H11ClF3N3/c14-10-5-8(13(15,16)17)6-18-12(10)20-19-11-4-7-2-1-3-9(7)11/h1-2,5-7,9H,3-4H2,(H,18,20)/b19-11-/t7-,9+/m1/s1. The van der Waals surface area contributed by atoms with E-state index in [4.69, 9.17) is 11.6 Å². The highest BCUT2D eigenvalue weighted by Crippen LogP contribution is 2.40. The van der Waals surface area contributed by atoms with Crippen LogP contribution in [0.4, 0.5) is 19.0 Å². The summed E-state index contributed by atoms with van der Waals surface area (Å²) in [5.41, 5.74) is 2.80. The predicted molar refractivity (Wildman–Crippen MR) is 70.7 cm³/mol. The molecule has 1 aromatic rings. The summed E-state index contributed by atoms with van der Waals surface area (Å²) in [5.74, 6) is 1.13. The van der Waals surface area contributed by atoms with Crippen molar-refractivity contribution < 1.29 is 13.2 Å². The highest BCUT2D eigenvalue weighted by atomic mass is 35.5. The fraction of sp³-hybridized carbons (Fsp3) is 0.385. The van der Waals surface area contributed by atoms with Gasteiger partial charge >= 0.3 is 6.18 Å². The van der Waals surface area contributed by atoms with Crippen LogP contribution in [-0.2, 0) is 6.18 Å². The smallest absolute Gasteiger partial charge is 0.260 e. The minimum Gasteiger partial charge on any atom is -0.260 e. The molecule has 7 heteroatoms. The summed E-state index contributed by atoms with van der Waals surface area (Å²) in [6, 6.07) is 0.845. The average Bonchev–Trinajstić information content (AvgIpc) is 2.72. The molecule has 3 nitrogen and oxygen atoms in total. The van der Waals surface area contributed by atoms with Crippen LogP contribution in [0.3, 0.4) is 0 Å². The SMILES string of the molecule is FC(F)(F)c1cnc(N/N=C2/C[C@H]3C=CC[C@H]23)c(Cl)c1. The molecule has 2 aliphatic carbocycles. The first-order chi connectivity index (χ1) is 9.45. The number of anilines is 1. The molecule has 106 valence electrons. The lowest BCUT2D eigenvalue weighted by molar-refractivity contribution is -0.137. The van der Waals surface area contributed by atoms with Crippen molar-refractivity contribution in [2.75, 3.05) is 5.43 Å². The van der Waals surface area contributed by atoms with E-state index in [1.807, 2.05) is 0 Å². The van der Waals surface area contributed by atoms with Crippen molar-refractivity contribution in [3.05, 3.63) is 35.0 Å². The summed E-state index contributed by atoms with van der Waals surface area (Å²) in [5, 5.41) is 4.10. The fourth-order valence-electron chi connectivity index (χ4n) is 2.46. The van der Waals surface area contributed by atoms with E-state index in [1.54, 1.807) is 0 Å². The maximum Gasteiger partial charge on any atom is 0.417 e. The predicted octanol–water partition coefficient (Wildman–Crippen LogP) is 4.12. The maximum atomic E-state index is 12.5. The number of hydrazone groups is 1. The molecule has 20 heavy (non-hydrogen) atoms. The van der Waals surface area contributed by atoms with Crippen LogP contribution in [0.25, 0.3) is 0 Å². The van der Waals surface area contributed by atoms with Crippen LogP contribution < -0.4 is 5.43 Å². The number of pyridine rings is 1. The zero-order chi connectivity index (χ0) is 14.3. The molecule has 1 aromatic heterocycles. The highest BCUT2D eigenvalue weighted by molar-refractivity contribution is 6.33. The number of halogens is 4. The van der Waals surface area contributed by atoms with E-state index in [1.165, 1.54) is 0 Å². The van der Waals surface area contributed by atoms with E-state index >= 15 is 0 Å². The number of nitrogens with zero attached hydrogens (tertiary/aromatic N) is 2. The van der Waals surface area contributed by atoms with Crippen molar-refractivity contribution in [1.82, 2.24) is 4.98 Å². The Kier molecular flexibility index (Phi) is 3.20. The Morgan fingerprint density at radius 1 is 1.40 bits per heavy atom. The number of fused-ring (bicyclic) bond motifs is 1. The van der Waals surface area contributed by atoms with Gasteiger partial charge in [0.25, 0.3) is 0 Å². The minimum atomic E-state index is -4.45. The van der Waals surface area contributed by atoms with Gasteiger partial charge in [-0.25, -0.2) is 4.98 Å². The Morgan fingerprint density at radius 2 is 2.20 bits per heavy atom. The Bertz CT molecular complexity index is 595. The highest BCUT2D eigenvalue weighted by Gasteiger charge is 2.38. The van der Waals surface area contributed by atoms with Crippen molar-refractivity contribution in [1.29, 1.82) is 0 Å². The largest absolute Gasteiger partial charge is 0.417 e. The van der Waals surface area contributed by atoms with E-state index in [2.05, 4.69) is 27.7 Å². The van der Waals surface area contributed by atoms with Crippen LogP contribution in [-0.4, -0.2) is 10.7 Å². The molecule has 0 bridgehead atoms. The van der Waals surface area contributed by atoms with Gasteiger partial charge in [-0.15, -0.1) is 0 Å². The molecule has 0 radical (unpaired) electrons. The third-order valence-electron chi connectivity index (χ3n) is 3.64. The van der Waals surface area contributed by atoms with Crippen molar-refractivity contribution in [2.24, 2.45) is 16.9 Å². The van der Waals surface area contributed by atoms with Crippen molar-refractivity contribution >= 4 is 23.1 Å². The number of hydrogen-bond acceptors (Lipinski definition) is 3. The second-order valence-corrected chi connectivity index (χ2v) is 5.31. The van der Waals surface area contributed by atoms with Crippen LogP contribution in [0.15, 0.2) is 29.5 Å². The van der Waals surface area contributed by atoms with Gasteiger partial charge in [-0.1, -0.05) is 23.8 Å². The second-order valence-electron chi connectivity index (χ2n) is 4.91. The third-order valence-corrected chi connectivity index (χ3v) is 3.93. The first-order valence-corrected chi connectivity index (χ1v) is 6.55. The van der Waals surface area contributed by atoms with Gasteiger partial charge in [-0.05, 0) is 24.8 Å². The number of allylic oxidation sites excluding steroid dienone is 2. The van der Waals surface area contributed by atoms with Gasteiger partial charge in [-0.2, -0.15) is 18.3 Å². The molecule has 3 rings (SSSR count). The Morgan fingerprint density at radius 3 is 2.85 bits per heavy atom. The van der Waals surface area contributed by atoms with Crippen molar-refractivity contribution in [3.8, 4) is 0 Å². The summed E-state index contributed by atoms with van der Waals surface area (Å²) in [6.45, 7) is 0. The van der Waals surface area contributed by atoms with Crippen molar-refractivity contribution in [2.45, 2.75) is 19.0 Å². The van der Waals surface area contributed by atoms with E-state index < -0.39 is 11.7 Å². The van der Waals surface area contributed by atoms with Gasteiger partial charge in [0.2, 0.25) is 0 Å². The molecule has 2 aliphatic rings. The monoisotopic (exact) mass is 301 g/mol. The van der Waals surface area contributed by atoms with Crippen LogP contribution in [0, 0.1) is 11.8 Å². The van der Waals surface area contributed by atoms with Gasteiger partial charge in [-0.3, -0.25) is 5.43 Å².